The van der Waals surface area contributed by atoms with Gasteiger partial charge in [0.05, 0.1) is 0 Å². The first-order valence-electron chi connectivity index (χ1n) is 4.24. The molecule has 1 fully saturated rings. The molecule has 1 N–H and O–H groups in total. The summed E-state index contributed by atoms with van der Waals surface area (Å²) in [5.41, 5.74) is 0.263. The maximum Gasteiger partial charge on any atom is 0.223 e. The van der Waals surface area contributed by atoms with Crippen LogP contribution in [-0.4, -0.2) is 11.9 Å². The first kappa shape index (κ1) is 8.57. The minimum atomic E-state index is 0.227. The maximum atomic E-state index is 11.3. The van der Waals surface area contributed by atoms with Gasteiger partial charge in [-0.05, 0) is 25.7 Å². The molecule has 64 valence electrons. The molecule has 0 aromatic heterocycles. The van der Waals surface area contributed by atoms with Gasteiger partial charge >= 0.3 is 0 Å². The predicted molar refractivity (Wildman–Crippen MR) is 45.2 cm³/mol. The second kappa shape index (κ2) is 2.50. The summed E-state index contributed by atoms with van der Waals surface area (Å²) in [4.78, 5) is 11.3. The Morgan fingerprint density at radius 1 is 1.55 bits per heavy atom. The van der Waals surface area contributed by atoms with Gasteiger partial charge in [-0.2, -0.15) is 0 Å². The van der Waals surface area contributed by atoms with Crippen molar-refractivity contribution in [3.8, 4) is 0 Å². The van der Waals surface area contributed by atoms with E-state index in [2.05, 4.69) is 19.2 Å². The summed E-state index contributed by atoms with van der Waals surface area (Å²) < 4.78 is 0. The molecular weight excluding hydrogens is 138 g/mol. The summed E-state index contributed by atoms with van der Waals surface area (Å²) >= 11 is 0. The van der Waals surface area contributed by atoms with Gasteiger partial charge in [-0.1, -0.05) is 13.8 Å². The molecule has 0 radical (unpaired) electrons. The molecule has 11 heavy (non-hydrogen) atoms. The van der Waals surface area contributed by atoms with Crippen molar-refractivity contribution in [1.82, 2.24) is 5.32 Å². The highest BCUT2D eigenvalue weighted by Gasteiger charge is 2.50. The Balaban J connectivity index is 2.34. The summed E-state index contributed by atoms with van der Waals surface area (Å²) in [5, 5.41) is 2.92. The Labute approximate surface area is 68.4 Å². The third-order valence-electron chi connectivity index (χ3n) is 2.26. The van der Waals surface area contributed by atoms with Crippen molar-refractivity contribution in [2.24, 2.45) is 11.3 Å². The summed E-state index contributed by atoms with van der Waals surface area (Å²) in [6, 6.07) is 0.277. The predicted octanol–water partition coefficient (Wildman–Crippen LogP) is 1.56. The fourth-order valence-electron chi connectivity index (χ4n) is 1.30. The Morgan fingerprint density at radius 3 is 2.27 bits per heavy atom. The van der Waals surface area contributed by atoms with E-state index in [0.717, 1.165) is 6.42 Å². The zero-order valence-corrected chi connectivity index (χ0v) is 7.77. The highest BCUT2D eigenvalue weighted by molar-refractivity contribution is 5.82. The van der Waals surface area contributed by atoms with Crippen molar-refractivity contribution in [2.45, 2.75) is 40.2 Å². The minimum Gasteiger partial charge on any atom is -0.354 e. The molecule has 0 unspecified atom stereocenters. The SMILES string of the molecule is CC(C)NC(=O)[C@@H]1CC1(C)C. The van der Waals surface area contributed by atoms with E-state index in [0.29, 0.717) is 0 Å². The van der Waals surface area contributed by atoms with Gasteiger partial charge in [0.1, 0.15) is 0 Å². The fraction of sp³-hybridized carbons (Fsp3) is 0.889. The largest absolute Gasteiger partial charge is 0.354 e. The number of hydrogen-bond acceptors (Lipinski definition) is 1. The molecule has 0 aromatic carbocycles. The van der Waals surface area contributed by atoms with Crippen LogP contribution in [0.15, 0.2) is 0 Å². The number of nitrogens with one attached hydrogen (secondary N) is 1. The average molecular weight is 155 g/mol. The van der Waals surface area contributed by atoms with Crippen LogP contribution < -0.4 is 5.32 Å². The van der Waals surface area contributed by atoms with Crippen LogP contribution in [0.1, 0.15) is 34.1 Å². The lowest BCUT2D eigenvalue weighted by Gasteiger charge is -2.08. The Morgan fingerprint density at radius 2 is 2.00 bits per heavy atom. The van der Waals surface area contributed by atoms with Crippen LogP contribution >= 0.6 is 0 Å². The van der Waals surface area contributed by atoms with E-state index in [1.807, 2.05) is 13.8 Å². The fourth-order valence-corrected chi connectivity index (χ4v) is 1.30. The molecule has 0 spiro atoms. The second-order valence-corrected chi connectivity index (χ2v) is 4.41. The van der Waals surface area contributed by atoms with Crippen LogP contribution in [0.25, 0.3) is 0 Å². The Kier molecular flexibility index (Phi) is 1.95. The van der Waals surface area contributed by atoms with Crippen LogP contribution in [-0.2, 0) is 4.79 Å². The van der Waals surface area contributed by atoms with E-state index in [9.17, 15) is 4.79 Å². The third kappa shape index (κ3) is 1.95. The van der Waals surface area contributed by atoms with Crippen molar-refractivity contribution in [3.63, 3.8) is 0 Å². The molecule has 1 rings (SSSR count). The Hall–Kier alpha value is -0.530. The highest BCUT2D eigenvalue weighted by Crippen LogP contribution is 2.51. The normalized spacial score (nSPS) is 26.8. The number of rotatable bonds is 2. The molecule has 0 aliphatic heterocycles. The average Bonchev–Trinajstić information content (AvgIpc) is 2.38. The number of carbonyl (C=O) groups is 1. The van der Waals surface area contributed by atoms with Gasteiger partial charge in [0.15, 0.2) is 0 Å². The molecular formula is C9H17NO. The molecule has 2 nitrogen and oxygen atoms in total. The van der Waals surface area contributed by atoms with Gasteiger partial charge in [0, 0.05) is 12.0 Å². The first-order valence-corrected chi connectivity index (χ1v) is 4.24. The zero-order chi connectivity index (χ0) is 8.65. The lowest BCUT2D eigenvalue weighted by molar-refractivity contribution is -0.123. The van der Waals surface area contributed by atoms with Crippen molar-refractivity contribution >= 4 is 5.91 Å². The van der Waals surface area contributed by atoms with Crippen molar-refractivity contribution in [3.05, 3.63) is 0 Å². The van der Waals surface area contributed by atoms with E-state index in [1.165, 1.54) is 0 Å². The first-order chi connectivity index (χ1) is 4.93. The van der Waals surface area contributed by atoms with Crippen molar-refractivity contribution in [1.29, 1.82) is 0 Å². The summed E-state index contributed by atoms with van der Waals surface area (Å²) in [5.74, 6) is 0.495. The molecule has 0 aromatic rings. The van der Waals surface area contributed by atoms with E-state index in [4.69, 9.17) is 0 Å². The van der Waals surface area contributed by atoms with Crippen molar-refractivity contribution in [2.75, 3.05) is 0 Å². The molecule has 1 aliphatic rings. The number of carbonyl (C=O) groups excluding carboxylic acids is 1. The molecule has 1 aliphatic carbocycles. The number of hydrogen-bond donors (Lipinski definition) is 1. The zero-order valence-electron chi connectivity index (χ0n) is 7.77. The summed E-state index contributed by atoms with van der Waals surface area (Å²) in [7, 11) is 0. The molecule has 1 atom stereocenters. The second-order valence-electron chi connectivity index (χ2n) is 4.41. The van der Waals surface area contributed by atoms with E-state index in [1.54, 1.807) is 0 Å². The number of amides is 1. The quantitative estimate of drug-likeness (QED) is 0.644. The summed E-state index contributed by atoms with van der Waals surface area (Å²) in [6.07, 6.45) is 1.05. The van der Waals surface area contributed by atoms with E-state index < -0.39 is 0 Å². The van der Waals surface area contributed by atoms with Gasteiger partial charge in [-0.25, -0.2) is 0 Å². The van der Waals surface area contributed by atoms with E-state index in [-0.39, 0.29) is 23.3 Å². The minimum absolute atomic E-state index is 0.227. The van der Waals surface area contributed by atoms with Gasteiger partial charge < -0.3 is 5.32 Å². The molecule has 1 saturated carbocycles. The lowest BCUT2D eigenvalue weighted by atomic mass is 10.1. The van der Waals surface area contributed by atoms with Crippen molar-refractivity contribution < 1.29 is 4.79 Å². The standard InChI is InChI=1S/C9H17NO/c1-6(2)10-8(11)7-5-9(7,3)4/h6-7H,5H2,1-4H3,(H,10,11)/t7-/m0/s1. The molecule has 1 amide bonds. The van der Waals surface area contributed by atoms with Gasteiger partial charge in [0.2, 0.25) is 5.91 Å². The van der Waals surface area contributed by atoms with Crippen LogP contribution in [0.4, 0.5) is 0 Å². The summed E-state index contributed by atoms with van der Waals surface area (Å²) in [6.45, 7) is 8.26. The van der Waals surface area contributed by atoms with Crippen LogP contribution in [0.2, 0.25) is 0 Å². The molecule has 0 saturated heterocycles. The third-order valence-corrected chi connectivity index (χ3v) is 2.26. The van der Waals surface area contributed by atoms with Crippen LogP contribution in [0.3, 0.4) is 0 Å². The molecule has 0 heterocycles. The lowest BCUT2D eigenvalue weighted by Crippen LogP contribution is -2.32. The van der Waals surface area contributed by atoms with Gasteiger partial charge in [0.25, 0.3) is 0 Å². The maximum absolute atomic E-state index is 11.3. The topological polar surface area (TPSA) is 29.1 Å². The molecule has 0 bridgehead atoms. The van der Waals surface area contributed by atoms with Crippen LogP contribution in [0.5, 0.6) is 0 Å². The van der Waals surface area contributed by atoms with Gasteiger partial charge in [-0.3, -0.25) is 4.79 Å². The monoisotopic (exact) mass is 155 g/mol. The van der Waals surface area contributed by atoms with Gasteiger partial charge in [-0.15, -0.1) is 0 Å². The van der Waals surface area contributed by atoms with Crippen LogP contribution in [0, 0.1) is 11.3 Å². The smallest absolute Gasteiger partial charge is 0.223 e. The Bertz CT molecular complexity index is 172. The highest BCUT2D eigenvalue weighted by atomic mass is 16.2. The molecule has 2 heteroatoms. The van der Waals surface area contributed by atoms with E-state index >= 15 is 0 Å².